The molecule has 20 heavy (non-hydrogen) atoms. The topological polar surface area (TPSA) is 98.6 Å². The third-order valence-corrected chi connectivity index (χ3v) is 2.41. The van der Waals surface area contributed by atoms with E-state index in [-0.39, 0.29) is 13.1 Å². The Balaban J connectivity index is 2.87. The number of hydrogen-bond acceptors (Lipinski definition) is 4. The first-order valence-electron chi connectivity index (χ1n) is 6.28. The van der Waals surface area contributed by atoms with Gasteiger partial charge in [-0.1, -0.05) is 18.2 Å². The van der Waals surface area contributed by atoms with Crippen molar-refractivity contribution in [3.63, 3.8) is 0 Å². The van der Waals surface area contributed by atoms with E-state index in [4.69, 9.17) is 16.2 Å². The number of primary amides is 1. The molecule has 1 aromatic rings. The van der Waals surface area contributed by atoms with Gasteiger partial charge in [0.05, 0.1) is 6.54 Å². The van der Waals surface area contributed by atoms with E-state index in [1.807, 2.05) is 6.07 Å². The summed E-state index contributed by atoms with van der Waals surface area (Å²) in [4.78, 5) is 24.4. The van der Waals surface area contributed by atoms with Crippen molar-refractivity contribution in [1.82, 2.24) is 4.90 Å². The lowest BCUT2D eigenvalue weighted by Gasteiger charge is -2.27. The third kappa shape index (κ3) is 5.17. The minimum absolute atomic E-state index is 0.171. The average molecular weight is 279 g/mol. The lowest BCUT2D eigenvalue weighted by atomic mass is 10.1. The number of nitrogen functional groups attached to an aromatic ring is 1. The zero-order valence-corrected chi connectivity index (χ0v) is 12.1. The molecule has 6 nitrogen and oxygen atoms in total. The van der Waals surface area contributed by atoms with Crippen molar-refractivity contribution >= 4 is 17.7 Å². The Morgan fingerprint density at radius 3 is 2.35 bits per heavy atom. The fourth-order valence-electron chi connectivity index (χ4n) is 1.58. The third-order valence-electron chi connectivity index (χ3n) is 2.41. The molecule has 0 saturated heterocycles. The van der Waals surface area contributed by atoms with Crippen molar-refractivity contribution in [3.8, 4) is 0 Å². The molecule has 0 fully saturated rings. The maximum atomic E-state index is 12.1. The van der Waals surface area contributed by atoms with Crippen LogP contribution in [0.3, 0.4) is 0 Å². The van der Waals surface area contributed by atoms with Crippen LogP contribution >= 0.6 is 0 Å². The molecule has 0 atom stereocenters. The Hall–Kier alpha value is -2.24. The summed E-state index contributed by atoms with van der Waals surface area (Å²) >= 11 is 0. The second-order valence-electron chi connectivity index (χ2n) is 5.50. The smallest absolute Gasteiger partial charge is 0.411 e. The summed E-state index contributed by atoms with van der Waals surface area (Å²) in [6, 6.07) is 7.12. The van der Waals surface area contributed by atoms with Gasteiger partial charge in [0.2, 0.25) is 5.91 Å². The number of para-hydroxylation sites is 1. The molecule has 1 rings (SSSR count). The van der Waals surface area contributed by atoms with Gasteiger partial charge in [0.1, 0.15) is 12.1 Å². The highest BCUT2D eigenvalue weighted by molar-refractivity contribution is 5.81. The molecule has 0 bridgehead atoms. The summed E-state index contributed by atoms with van der Waals surface area (Å²) in [5, 5.41) is 0. The molecule has 0 unspecified atom stereocenters. The highest BCUT2D eigenvalue weighted by Gasteiger charge is 2.23. The Morgan fingerprint density at radius 1 is 1.25 bits per heavy atom. The van der Waals surface area contributed by atoms with Crippen molar-refractivity contribution in [3.05, 3.63) is 29.8 Å². The van der Waals surface area contributed by atoms with Gasteiger partial charge in [-0.3, -0.25) is 9.69 Å². The van der Waals surface area contributed by atoms with Gasteiger partial charge in [0, 0.05) is 5.69 Å². The van der Waals surface area contributed by atoms with E-state index in [1.54, 1.807) is 39.0 Å². The van der Waals surface area contributed by atoms with E-state index in [0.717, 1.165) is 5.56 Å². The van der Waals surface area contributed by atoms with Crippen molar-refractivity contribution in [2.75, 3.05) is 12.3 Å². The molecule has 0 saturated carbocycles. The summed E-state index contributed by atoms with van der Waals surface area (Å²) in [6.45, 7) is 5.21. The minimum atomic E-state index is -0.644. The number of amides is 2. The van der Waals surface area contributed by atoms with Crippen LogP contribution in [-0.2, 0) is 16.1 Å². The molecule has 110 valence electrons. The summed E-state index contributed by atoms with van der Waals surface area (Å²) < 4.78 is 5.25. The maximum Gasteiger partial charge on any atom is 0.411 e. The first kappa shape index (κ1) is 15.8. The Kier molecular flexibility index (Phi) is 4.96. The molecule has 1 aromatic carbocycles. The second kappa shape index (κ2) is 6.27. The monoisotopic (exact) mass is 279 g/mol. The van der Waals surface area contributed by atoms with Gasteiger partial charge in [-0.15, -0.1) is 0 Å². The molecule has 0 heterocycles. The maximum absolute atomic E-state index is 12.1. The van der Waals surface area contributed by atoms with E-state index in [9.17, 15) is 9.59 Å². The Morgan fingerprint density at radius 2 is 1.85 bits per heavy atom. The van der Waals surface area contributed by atoms with Gasteiger partial charge in [0.15, 0.2) is 0 Å². The number of nitrogens with two attached hydrogens (primary N) is 2. The van der Waals surface area contributed by atoms with Gasteiger partial charge >= 0.3 is 6.09 Å². The standard InChI is InChI=1S/C14H21N3O3/c1-14(2,3)20-13(19)17(9-12(16)18)8-10-6-4-5-7-11(10)15/h4-7H,8-9,15H2,1-3H3,(H2,16,18). The molecule has 0 aliphatic carbocycles. The Bertz CT molecular complexity index is 495. The molecule has 4 N–H and O–H groups in total. The largest absolute Gasteiger partial charge is 0.444 e. The Labute approximate surface area is 118 Å². The van der Waals surface area contributed by atoms with Gasteiger partial charge < -0.3 is 16.2 Å². The predicted octanol–water partition coefficient (Wildman–Crippen LogP) is 1.49. The van der Waals surface area contributed by atoms with Gasteiger partial charge in [-0.25, -0.2) is 4.79 Å². The molecular weight excluding hydrogens is 258 g/mol. The fourth-order valence-corrected chi connectivity index (χ4v) is 1.58. The summed E-state index contributed by atoms with van der Waals surface area (Å²) in [7, 11) is 0. The van der Waals surface area contributed by atoms with Crippen LogP contribution < -0.4 is 11.5 Å². The van der Waals surface area contributed by atoms with Crippen LogP contribution in [0, 0.1) is 0 Å². The fraction of sp³-hybridized carbons (Fsp3) is 0.429. The van der Waals surface area contributed by atoms with Crippen molar-refractivity contribution in [2.24, 2.45) is 5.73 Å². The summed E-state index contributed by atoms with van der Waals surface area (Å²) in [5.74, 6) is -0.606. The lowest BCUT2D eigenvalue weighted by Crippen LogP contribution is -2.41. The molecule has 0 aromatic heterocycles. The molecular formula is C14H21N3O3. The SMILES string of the molecule is CC(C)(C)OC(=O)N(CC(N)=O)Cc1ccccc1N. The summed E-state index contributed by atoms with van der Waals surface area (Å²) in [6.07, 6.45) is -0.598. The molecule has 0 aliphatic heterocycles. The van der Waals surface area contributed by atoms with Gasteiger partial charge in [-0.05, 0) is 32.4 Å². The molecule has 6 heteroatoms. The van der Waals surface area contributed by atoms with Gasteiger partial charge in [0.25, 0.3) is 0 Å². The van der Waals surface area contributed by atoms with Crippen molar-refractivity contribution in [2.45, 2.75) is 32.9 Å². The van der Waals surface area contributed by atoms with E-state index < -0.39 is 17.6 Å². The number of nitrogens with zero attached hydrogens (tertiary/aromatic N) is 1. The predicted molar refractivity (Wildman–Crippen MR) is 76.7 cm³/mol. The number of ether oxygens (including phenoxy) is 1. The molecule has 0 aliphatic rings. The highest BCUT2D eigenvalue weighted by atomic mass is 16.6. The van der Waals surface area contributed by atoms with E-state index in [1.165, 1.54) is 4.90 Å². The molecule has 2 amide bonds. The van der Waals surface area contributed by atoms with Crippen molar-refractivity contribution in [1.29, 1.82) is 0 Å². The van der Waals surface area contributed by atoms with Crippen LogP contribution in [0.2, 0.25) is 0 Å². The lowest BCUT2D eigenvalue weighted by molar-refractivity contribution is -0.119. The number of carbonyl (C=O) groups excluding carboxylic acids is 2. The highest BCUT2D eigenvalue weighted by Crippen LogP contribution is 2.16. The summed E-state index contributed by atoms with van der Waals surface area (Å²) in [5.41, 5.74) is 11.6. The van der Waals surface area contributed by atoms with Crippen LogP contribution in [0.5, 0.6) is 0 Å². The quantitative estimate of drug-likeness (QED) is 0.816. The van der Waals surface area contributed by atoms with Crippen LogP contribution in [0.25, 0.3) is 0 Å². The number of hydrogen-bond donors (Lipinski definition) is 2. The number of rotatable bonds is 4. The van der Waals surface area contributed by atoms with Gasteiger partial charge in [-0.2, -0.15) is 0 Å². The molecule has 0 spiro atoms. The zero-order valence-electron chi connectivity index (χ0n) is 12.1. The number of carbonyl (C=O) groups is 2. The second-order valence-corrected chi connectivity index (χ2v) is 5.50. The van der Waals surface area contributed by atoms with E-state index >= 15 is 0 Å². The van der Waals surface area contributed by atoms with Crippen LogP contribution in [0.15, 0.2) is 24.3 Å². The number of anilines is 1. The van der Waals surface area contributed by atoms with Crippen LogP contribution in [-0.4, -0.2) is 29.0 Å². The van der Waals surface area contributed by atoms with Crippen molar-refractivity contribution < 1.29 is 14.3 Å². The first-order valence-corrected chi connectivity index (χ1v) is 6.28. The number of benzene rings is 1. The van der Waals surface area contributed by atoms with E-state index in [2.05, 4.69) is 0 Å². The minimum Gasteiger partial charge on any atom is -0.444 e. The average Bonchev–Trinajstić information content (AvgIpc) is 2.28. The zero-order chi connectivity index (χ0) is 15.3. The van der Waals surface area contributed by atoms with Crippen LogP contribution in [0.4, 0.5) is 10.5 Å². The normalized spacial score (nSPS) is 10.9. The first-order chi connectivity index (χ1) is 9.19. The van der Waals surface area contributed by atoms with Crippen LogP contribution in [0.1, 0.15) is 26.3 Å². The van der Waals surface area contributed by atoms with E-state index in [0.29, 0.717) is 5.69 Å². The molecule has 0 radical (unpaired) electrons.